The minimum Gasteiger partial charge on any atom is -0.364 e. The third kappa shape index (κ3) is 3.33. The Labute approximate surface area is 155 Å². The summed E-state index contributed by atoms with van der Waals surface area (Å²) in [5.41, 5.74) is 6.71. The number of aromatic nitrogens is 3. The molecule has 8 nitrogen and oxygen atoms in total. The third-order valence-corrected chi connectivity index (χ3v) is 4.72. The number of hydrogen-bond donors (Lipinski definition) is 2. The van der Waals surface area contributed by atoms with Gasteiger partial charge < -0.3 is 20.1 Å². The smallest absolute Gasteiger partial charge is 0.265 e. The topological polar surface area (TPSA) is 118 Å². The van der Waals surface area contributed by atoms with Crippen LogP contribution in [0, 0.1) is 0 Å². The summed E-state index contributed by atoms with van der Waals surface area (Å²) < 4.78 is 5.48. The predicted octanol–water partition coefficient (Wildman–Crippen LogP) is 2.53. The molecule has 0 spiro atoms. The lowest BCUT2D eigenvalue weighted by molar-refractivity contribution is 0.0561. The van der Waals surface area contributed by atoms with E-state index in [-0.39, 0.29) is 17.6 Å². The molecular weight excluding hydrogens is 346 g/mol. The number of benzene rings is 1. The second-order valence-electron chi connectivity index (χ2n) is 6.50. The maximum atomic E-state index is 13.0. The Kier molecular flexibility index (Phi) is 4.45. The first-order valence-electron chi connectivity index (χ1n) is 8.81. The number of nitrogens with two attached hydrogens (primary N) is 1. The minimum atomic E-state index is -0.603. The molecule has 8 heteroatoms. The maximum absolute atomic E-state index is 13.0. The van der Waals surface area contributed by atoms with Gasteiger partial charge in [-0.15, -0.1) is 0 Å². The third-order valence-electron chi connectivity index (χ3n) is 4.72. The molecule has 0 aliphatic carbocycles. The number of nitrogens with zero attached hydrogens (tertiary/aromatic N) is 3. The normalized spacial score (nSPS) is 17.0. The number of H-pyrrole nitrogens is 1. The van der Waals surface area contributed by atoms with Gasteiger partial charge in [0.15, 0.2) is 0 Å². The molecule has 1 aliphatic rings. The van der Waals surface area contributed by atoms with Crippen LogP contribution in [0.4, 0.5) is 0 Å². The monoisotopic (exact) mass is 365 g/mol. The zero-order valence-corrected chi connectivity index (χ0v) is 14.6. The fraction of sp³-hybridized carbons (Fsp3) is 0.263. The largest absolute Gasteiger partial charge is 0.364 e. The summed E-state index contributed by atoms with van der Waals surface area (Å²) >= 11 is 0. The van der Waals surface area contributed by atoms with Crippen molar-refractivity contribution in [1.82, 2.24) is 20.0 Å². The van der Waals surface area contributed by atoms with E-state index in [1.165, 1.54) is 12.3 Å². The van der Waals surface area contributed by atoms with E-state index in [0.29, 0.717) is 23.8 Å². The van der Waals surface area contributed by atoms with Crippen molar-refractivity contribution in [3.8, 4) is 11.4 Å². The van der Waals surface area contributed by atoms with Gasteiger partial charge in [0.1, 0.15) is 11.7 Å². The number of rotatable bonds is 4. The molecule has 1 aromatic carbocycles. The number of likely N-dealkylation sites (tertiary alicyclic amines) is 1. The van der Waals surface area contributed by atoms with Gasteiger partial charge in [0.25, 0.3) is 11.8 Å². The van der Waals surface area contributed by atoms with Crippen molar-refractivity contribution in [2.24, 2.45) is 5.73 Å². The number of aromatic amines is 1. The molecule has 1 unspecified atom stereocenters. The quantitative estimate of drug-likeness (QED) is 0.736. The molecule has 0 bridgehead atoms. The van der Waals surface area contributed by atoms with Crippen LogP contribution in [-0.4, -0.2) is 38.4 Å². The molecule has 3 N–H and O–H groups in total. The van der Waals surface area contributed by atoms with Gasteiger partial charge in [-0.3, -0.25) is 9.59 Å². The summed E-state index contributed by atoms with van der Waals surface area (Å²) in [7, 11) is 0. The lowest BCUT2D eigenvalue weighted by Crippen LogP contribution is -2.38. The van der Waals surface area contributed by atoms with Crippen molar-refractivity contribution in [3.63, 3.8) is 0 Å². The van der Waals surface area contributed by atoms with Crippen LogP contribution < -0.4 is 5.73 Å². The number of piperidine rings is 1. The average Bonchev–Trinajstić information content (AvgIpc) is 3.38. The van der Waals surface area contributed by atoms with Crippen molar-refractivity contribution in [1.29, 1.82) is 0 Å². The van der Waals surface area contributed by atoms with E-state index in [2.05, 4.69) is 15.1 Å². The highest BCUT2D eigenvalue weighted by atomic mass is 16.5. The second-order valence-corrected chi connectivity index (χ2v) is 6.50. The zero-order valence-electron chi connectivity index (χ0n) is 14.6. The number of primary amides is 1. The first kappa shape index (κ1) is 17.0. The summed E-state index contributed by atoms with van der Waals surface area (Å²) in [6.45, 7) is 0.587. The molecule has 1 fully saturated rings. The van der Waals surface area contributed by atoms with Crippen molar-refractivity contribution >= 4 is 11.8 Å². The first-order chi connectivity index (χ1) is 13.1. The van der Waals surface area contributed by atoms with Crippen LogP contribution in [0.2, 0.25) is 0 Å². The van der Waals surface area contributed by atoms with Crippen molar-refractivity contribution in [2.75, 3.05) is 6.54 Å². The van der Waals surface area contributed by atoms with Crippen LogP contribution in [0.3, 0.4) is 0 Å². The molecule has 3 heterocycles. The molecular formula is C19H19N5O3. The van der Waals surface area contributed by atoms with E-state index in [1.807, 2.05) is 30.3 Å². The Morgan fingerprint density at radius 1 is 1.22 bits per heavy atom. The van der Waals surface area contributed by atoms with Crippen LogP contribution in [0.15, 0.2) is 47.1 Å². The van der Waals surface area contributed by atoms with E-state index in [9.17, 15) is 9.59 Å². The summed E-state index contributed by atoms with van der Waals surface area (Å²) in [5.74, 6) is 0.130. The Bertz CT molecular complexity index is 963. The molecule has 4 rings (SSSR count). The molecule has 1 saturated heterocycles. The number of carbonyl (C=O) groups excluding carboxylic acids is 2. The summed E-state index contributed by atoms with van der Waals surface area (Å²) in [6.07, 6.45) is 4.11. The molecule has 138 valence electrons. The Balaban J connectivity index is 1.60. The highest BCUT2D eigenvalue weighted by Gasteiger charge is 2.33. The molecule has 1 atom stereocenters. The van der Waals surface area contributed by atoms with Gasteiger partial charge in [-0.1, -0.05) is 35.5 Å². The van der Waals surface area contributed by atoms with Crippen molar-refractivity contribution in [2.45, 2.75) is 25.3 Å². The van der Waals surface area contributed by atoms with E-state index in [0.717, 1.165) is 24.8 Å². The average molecular weight is 365 g/mol. The van der Waals surface area contributed by atoms with Crippen molar-refractivity contribution < 1.29 is 14.1 Å². The number of carbonyl (C=O) groups is 2. The van der Waals surface area contributed by atoms with E-state index < -0.39 is 5.91 Å². The second kappa shape index (κ2) is 7.06. The fourth-order valence-electron chi connectivity index (χ4n) is 3.33. The van der Waals surface area contributed by atoms with Gasteiger partial charge in [0, 0.05) is 18.3 Å². The molecule has 3 aromatic rings. The highest BCUT2D eigenvalue weighted by molar-refractivity contribution is 5.98. The molecule has 0 radical (unpaired) electrons. The van der Waals surface area contributed by atoms with Gasteiger partial charge in [-0.2, -0.15) is 4.98 Å². The number of hydrogen-bond acceptors (Lipinski definition) is 5. The number of amides is 2. The number of nitrogens with one attached hydrogen (secondary N) is 1. The molecule has 1 aliphatic heterocycles. The predicted molar refractivity (Wildman–Crippen MR) is 96.7 cm³/mol. The van der Waals surface area contributed by atoms with Gasteiger partial charge in [0.05, 0.1) is 5.56 Å². The van der Waals surface area contributed by atoms with Gasteiger partial charge in [-0.25, -0.2) is 0 Å². The van der Waals surface area contributed by atoms with Crippen LogP contribution in [0.1, 0.15) is 52.0 Å². The van der Waals surface area contributed by atoms with E-state index >= 15 is 0 Å². The minimum absolute atomic E-state index is 0.192. The molecule has 2 amide bonds. The summed E-state index contributed by atoms with van der Waals surface area (Å²) in [6, 6.07) is 10.7. The SMILES string of the molecule is NC(=O)c1cc(C(=O)N2CCCCC2c2nc(-c3ccccc3)no2)c[nH]1. The summed E-state index contributed by atoms with van der Waals surface area (Å²) in [5, 5.41) is 4.06. The van der Waals surface area contributed by atoms with Crippen LogP contribution in [0.5, 0.6) is 0 Å². The standard InChI is InChI=1S/C19H19N5O3/c20-16(25)14-10-13(11-21-14)19(26)24-9-5-4-8-15(24)18-22-17(23-27-18)12-6-2-1-3-7-12/h1-3,6-7,10-11,15,21H,4-5,8-9H2,(H2,20,25). The first-order valence-corrected chi connectivity index (χ1v) is 8.81. The highest BCUT2D eigenvalue weighted by Crippen LogP contribution is 2.32. The molecule has 0 saturated carbocycles. The molecule has 27 heavy (non-hydrogen) atoms. The lowest BCUT2D eigenvalue weighted by atomic mass is 10.0. The summed E-state index contributed by atoms with van der Waals surface area (Å²) in [4.78, 5) is 33.2. The Morgan fingerprint density at radius 3 is 2.78 bits per heavy atom. The van der Waals surface area contributed by atoms with Crippen molar-refractivity contribution in [3.05, 3.63) is 59.7 Å². The van der Waals surface area contributed by atoms with Gasteiger partial charge in [0.2, 0.25) is 11.7 Å². The van der Waals surface area contributed by atoms with Crippen LogP contribution >= 0.6 is 0 Å². The van der Waals surface area contributed by atoms with Crippen LogP contribution in [-0.2, 0) is 0 Å². The Hall–Kier alpha value is -3.42. The fourth-order valence-corrected chi connectivity index (χ4v) is 3.33. The Morgan fingerprint density at radius 2 is 2.04 bits per heavy atom. The molecule has 2 aromatic heterocycles. The van der Waals surface area contributed by atoms with Crippen LogP contribution in [0.25, 0.3) is 11.4 Å². The van der Waals surface area contributed by atoms with E-state index in [1.54, 1.807) is 4.90 Å². The lowest BCUT2D eigenvalue weighted by Gasteiger charge is -2.33. The van der Waals surface area contributed by atoms with E-state index in [4.69, 9.17) is 10.3 Å². The maximum Gasteiger partial charge on any atom is 0.265 e. The van der Waals surface area contributed by atoms with Gasteiger partial charge >= 0.3 is 0 Å². The zero-order chi connectivity index (χ0) is 18.8. The van der Waals surface area contributed by atoms with Gasteiger partial charge in [-0.05, 0) is 25.3 Å².